The number of hydrogen-bond acceptors (Lipinski definition) is 2. The molecule has 0 aliphatic carbocycles. The molecule has 1 N–H and O–H groups in total. The number of hydrogen-bond donors (Lipinski definition) is 1. The van der Waals surface area contributed by atoms with Crippen LogP contribution in [0, 0.1) is 6.92 Å². The van der Waals surface area contributed by atoms with E-state index in [1.165, 1.54) is 16.7 Å². The highest BCUT2D eigenvalue weighted by Gasteiger charge is 2.10. The Labute approximate surface area is 121 Å². The van der Waals surface area contributed by atoms with E-state index in [1.807, 2.05) is 13.1 Å². The quantitative estimate of drug-likeness (QED) is 0.868. The zero-order valence-corrected chi connectivity index (χ0v) is 12.5. The van der Waals surface area contributed by atoms with Crippen LogP contribution in [0.5, 0.6) is 5.75 Å². The second kappa shape index (κ2) is 7.11. The van der Waals surface area contributed by atoms with E-state index in [0.717, 1.165) is 18.6 Å². The van der Waals surface area contributed by atoms with Gasteiger partial charge in [-0.3, -0.25) is 0 Å². The number of benzene rings is 2. The molecule has 0 heterocycles. The number of aryl methyl sites for hydroxylation is 1. The first-order chi connectivity index (χ1) is 9.72. The summed E-state index contributed by atoms with van der Waals surface area (Å²) in [5.41, 5.74) is 4.07. The lowest BCUT2D eigenvalue weighted by Gasteiger charge is -2.18. The van der Waals surface area contributed by atoms with Gasteiger partial charge in [0.2, 0.25) is 0 Å². The predicted octanol–water partition coefficient (Wildman–Crippen LogP) is 3.38. The summed E-state index contributed by atoms with van der Waals surface area (Å²) in [7, 11) is 3.74. The first-order valence-electron chi connectivity index (χ1n) is 7.07. The van der Waals surface area contributed by atoms with Crippen molar-refractivity contribution in [3.63, 3.8) is 0 Å². The molecule has 20 heavy (non-hydrogen) atoms. The first-order valence-corrected chi connectivity index (χ1v) is 7.07. The number of methoxy groups -OCH3 is 1. The summed E-state index contributed by atoms with van der Waals surface area (Å²) in [6.45, 7) is 2.17. The summed E-state index contributed by atoms with van der Waals surface area (Å²) < 4.78 is 5.29. The van der Waals surface area contributed by atoms with E-state index in [2.05, 4.69) is 54.7 Å². The van der Waals surface area contributed by atoms with E-state index >= 15 is 0 Å². The van der Waals surface area contributed by atoms with Crippen molar-refractivity contribution < 1.29 is 4.74 Å². The Bertz CT molecular complexity index is 551. The molecule has 1 atom stereocenters. The Morgan fingerprint density at radius 1 is 1.05 bits per heavy atom. The van der Waals surface area contributed by atoms with Crippen molar-refractivity contribution in [3.05, 3.63) is 65.2 Å². The number of likely N-dealkylation sites (N-methyl/N-ethyl adjacent to an activating group) is 1. The topological polar surface area (TPSA) is 21.3 Å². The van der Waals surface area contributed by atoms with Crippen molar-refractivity contribution in [3.8, 4) is 5.75 Å². The lowest BCUT2D eigenvalue weighted by molar-refractivity contribution is 0.414. The fraction of sp³-hybridized carbons (Fsp3) is 0.333. The summed E-state index contributed by atoms with van der Waals surface area (Å²) in [6.07, 6.45) is 2.04. The third-order valence-corrected chi connectivity index (χ3v) is 3.75. The van der Waals surface area contributed by atoms with Crippen molar-refractivity contribution in [2.24, 2.45) is 0 Å². The van der Waals surface area contributed by atoms with E-state index in [1.54, 1.807) is 7.11 Å². The highest BCUT2D eigenvalue weighted by molar-refractivity contribution is 5.30. The van der Waals surface area contributed by atoms with Crippen LogP contribution in [0.25, 0.3) is 0 Å². The summed E-state index contributed by atoms with van der Waals surface area (Å²) in [6, 6.07) is 17.3. The second-order valence-electron chi connectivity index (χ2n) is 5.17. The van der Waals surface area contributed by atoms with Crippen LogP contribution in [-0.4, -0.2) is 20.2 Å². The van der Waals surface area contributed by atoms with Crippen molar-refractivity contribution in [2.45, 2.75) is 25.8 Å². The van der Waals surface area contributed by atoms with Gasteiger partial charge in [-0.2, -0.15) is 0 Å². The minimum absolute atomic E-state index is 0.434. The molecule has 0 aromatic heterocycles. The SMILES string of the molecule is CNC(Cc1cccc(OC)c1)Cc1ccccc1C. The van der Waals surface area contributed by atoms with Crippen LogP contribution < -0.4 is 10.1 Å². The molecule has 0 saturated carbocycles. The zero-order chi connectivity index (χ0) is 14.4. The monoisotopic (exact) mass is 269 g/mol. The van der Waals surface area contributed by atoms with Crippen molar-refractivity contribution in [2.75, 3.05) is 14.2 Å². The third-order valence-electron chi connectivity index (χ3n) is 3.75. The maximum atomic E-state index is 5.29. The Morgan fingerprint density at radius 2 is 1.85 bits per heavy atom. The zero-order valence-electron chi connectivity index (χ0n) is 12.5. The molecule has 2 aromatic rings. The van der Waals surface area contributed by atoms with Gasteiger partial charge in [-0.15, -0.1) is 0 Å². The number of nitrogens with one attached hydrogen (secondary N) is 1. The minimum atomic E-state index is 0.434. The molecule has 2 rings (SSSR count). The van der Waals surface area contributed by atoms with E-state index in [4.69, 9.17) is 4.74 Å². The molecule has 0 aliphatic heterocycles. The lowest BCUT2D eigenvalue weighted by Crippen LogP contribution is -2.30. The van der Waals surface area contributed by atoms with Crippen molar-refractivity contribution >= 4 is 0 Å². The molecule has 2 aromatic carbocycles. The molecule has 0 fully saturated rings. The summed E-state index contributed by atoms with van der Waals surface area (Å²) in [5, 5.41) is 3.42. The van der Waals surface area contributed by atoms with Gasteiger partial charge in [-0.25, -0.2) is 0 Å². The normalized spacial score (nSPS) is 12.2. The Hall–Kier alpha value is -1.80. The maximum absolute atomic E-state index is 5.29. The molecular formula is C18H23NO. The van der Waals surface area contributed by atoms with Gasteiger partial charge < -0.3 is 10.1 Å². The molecular weight excluding hydrogens is 246 g/mol. The van der Waals surface area contributed by atoms with Crippen molar-refractivity contribution in [1.29, 1.82) is 0 Å². The van der Waals surface area contributed by atoms with Gasteiger partial charge in [0.05, 0.1) is 7.11 Å². The molecule has 2 heteroatoms. The van der Waals surface area contributed by atoms with Gasteiger partial charge in [0.25, 0.3) is 0 Å². The van der Waals surface area contributed by atoms with E-state index in [9.17, 15) is 0 Å². The molecule has 0 amide bonds. The fourth-order valence-corrected chi connectivity index (χ4v) is 2.46. The molecule has 0 aliphatic rings. The lowest BCUT2D eigenvalue weighted by atomic mass is 9.96. The average Bonchev–Trinajstić information content (AvgIpc) is 2.49. The first kappa shape index (κ1) is 14.6. The number of ether oxygens (including phenoxy) is 1. The standard InChI is InChI=1S/C18H23NO/c1-14-7-4-5-9-16(14)13-17(19-2)11-15-8-6-10-18(12-15)20-3/h4-10,12,17,19H,11,13H2,1-3H3. The van der Waals surface area contributed by atoms with Crippen molar-refractivity contribution in [1.82, 2.24) is 5.32 Å². The minimum Gasteiger partial charge on any atom is -0.497 e. The van der Waals surface area contributed by atoms with Crippen LogP contribution >= 0.6 is 0 Å². The molecule has 0 saturated heterocycles. The van der Waals surface area contributed by atoms with Crippen LogP contribution in [0.4, 0.5) is 0 Å². The van der Waals surface area contributed by atoms with Crippen LogP contribution in [0.15, 0.2) is 48.5 Å². The van der Waals surface area contributed by atoms with Gasteiger partial charge >= 0.3 is 0 Å². The van der Waals surface area contributed by atoms with Gasteiger partial charge in [-0.1, -0.05) is 36.4 Å². The second-order valence-corrected chi connectivity index (χ2v) is 5.17. The molecule has 0 spiro atoms. The molecule has 106 valence electrons. The van der Waals surface area contributed by atoms with Gasteiger partial charge in [0, 0.05) is 6.04 Å². The van der Waals surface area contributed by atoms with Gasteiger partial charge in [0.1, 0.15) is 5.75 Å². The highest BCUT2D eigenvalue weighted by Crippen LogP contribution is 2.16. The summed E-state index contributed by atoms with van der Waals surface area (Å²) in [4.78, 5) is 0. The Morgan fingerprint density at radius 3 is 2.55 bits per heavy atom. The summed E-state index contributed by atoms with van der Waals surface area (Å²) >= 11 is 0. The Kier molecular flexibility index (Phi) is 5.19. The predicted molar refractivity (Wildman–Crippen MR) is 84.4 cm³/mol. The molecule has 0 radical (unpaired) electrons. The smallest absolute Gasteiger partial charge is 0.119 e. The Balaban J connectivity index is 2.07. The average molecular weight is 269 g/mol. The van der Waals surface area contributed by atoms with Crippen LogP contribution in [-0.2, 0) is 12.8 Å². The molecule has 1 unspecified atom stereocenters. The highest BCUT2D eigenvalue weighted by atomic mass is 16.5. The van der Waals surface area contributed by atoms with E-state index in [0.29, 0.717) is 6.04 Å². The van der Waals surface area contributed by atoms with Gasteiger partial charge in [0.15, 0.2) is 0 Å². The van der Waals surface area contributed by atoms with Crippen LogP contribution in [0.1, 0.15) is 16.7 Å². The van der Waals surface area contributed by atoms with E-state index in [-0.39, 0.29) is 0 Å². The maximum Gasteiger partial charge on any atom is 0.119 e. The molecule has 2 nitrogen and oxygen atoms in total. The van der Waals surface area contributed by atoms with E-state index < -0.39 is 0 Å². The van der Waals surface area contributed by atoms with Crippen LogP contribution in [0.3, 0.4) is 0 Å². The fourth-order valence-electron chi connectivity index (χ4n) is 2.46. The molecule has 0 bridgehead atoms. The largest absolute Gasteiger partial charge is 0.497 e. The van der Waals surface area contributed by atoms with Gasteiger partial charge in [-0.05, 0) is 55.6 Å². The van der Waals surface area contributed by atoms with Crippen LogP contribution in [0.2, 0.25) is 0 Å². The third kappa shape index (κ3) is 3.84. The summed E-state index contributed by atoms with van der Waals surface area (Å²) in [5.74, 6) is 0.924. The number of rotatable bonds is 6.